The second kappa shape index (κ2) is 9.45. The summed E-state index contributed by atoms with van der Waals surface area (Å²) in [6, 6.07) is 11.4. The van der Waals surface area contributed by atoms with E-state index in [1.54, 1.807) is 22.9 Å². The van der Waals surface area contributed by atoms with Gasteiger partial charge in [-0.2, -0.15) is 13.2 Å². The maximum absolute atomic E-state index is 13.2. The highest BCUT2D eigenvalue weighted by Crippen LogP contribution is 2.31. The molecule has 1 aliphatic rings. The molecule has 0 unspecified atom stereocenters. The Bertz CT molecular complexity index is 1310. The Morgan fingerprint density at radius 1 is 0.971 bits per heavy atom. The van der Waals surface area contributed by atoms with Crippen LogP contribution in [0.1, 0.15) is 11.3 Å². The van der Waals surface area contributed by atoms with Crippen molar-refractivity contribution < 1.29 is 36.7 Å². The number of carbonyl (C=O) groups excluding carboxylic acids is 3. The van der Waals surface area contributed by atoms with E-state index in [0.717, 1.165) is 29.2 Å². The number of nitrogens with one attached hydrogen (secondary N) is 1. The molecule has 7 nitrogen and oxygen atoms in total. The summed E-state index contributed by atoms with van der Waals surface area (Å²) in [5.74, 6) is -2.30. The van der Waals surface area contributed by atoms with Crippen molar-refractivity contribution >= 4 is 29.6 Å². The van der Waals surface area contributed by atoms with Gasteiger partial charge in [-0.25, -0.2) is 14.1 Å². The van der Waals surface area contributed by atoms with E-state index in [1.165, 1.54) is 30.3 Å². The topological polar surface area (TPSA) is 80.6 Å². The normalized spacial score (nSPS) is 15.5. The summed E-state index contributed by atoms with van der Waals surface area (Å²) in [5, 5.41) is 2.08. The average Bonchev–Trinajstić information content (AvgIpc) is 3.24. The lowest BCUT2D eigenvalue weighted by Crippen LogP contribution is -2.54. The van der Waals surface area contributed by atoms with Crippen LogP contribution in [0.3, 0.4) is 0 Å². The van der Waals surface area contributed by atoms with E-state index < -0.39 is 35.4 Å². The first-order chi connectivity index (χ1) is 16.6. The number of barbiturate groups is 1. The highest BCUT2D eigenvalue weighted by Gasteiger charge is 2.37. The van der Waals surface area contributed by atoms with Gasteiger partial charge in [0.1, 0.15) is 23.7 Å². The maximum Gasteiger partial charge on any atom is 0.416 e. The largest absolute Gasteiger partial charge is 0.492 e. The number of ether oxygens (including phenoxy) is 1. The number of hydrogen-bond donors (Lipinski definition) is 1. The Hall–Kier alpha value is -4.41. The molecule has 1 fully saturated rings. The molecule has 0 radical (unpaired) electrons. The summed E-state index contributed by atoms with van der Waals surface area (Å²) in [7, 11) is 0. The lowest BCUT2D eigenvalue weighted by molar-refractivity contribution is -0.137. The van der Waals surface area contributed by atoms with Gasteiger partial charge in [-0.05, 0) is 60.7 Å². The van der Waals surface area contributed by atoms with Crippen molar-refractivity contribution in [3.63, 3.8) is 0 Å². The molecule has 1 saturated heterocycles. The van der Waals surface area contributed by atoms with E-state index in [2.05, 4.69) is 5.32 Å². The molecule has 2 aromatic carbocycles. The van der Waals surface area contributed by atoms with E-state index in [0.29, 0.717) is 5.69 Å². The number of imide groups is 2. The zero-order chi connectivity index (χ0) is 25.2. The first kappa shape index (κ1) is 23.7. The van der Waals surface area contributed by atoms with Crippen LogP contribution in [0, 0.1) is 5.82 Å². The molecule has 1 N–H and O–H groups in total. The van der Waals surface area contributed by atoms with Crippen molar-refractivity contribution in [2.24, 2.45) is 0 Å². The standard InChI is InChI=1S/C24H17F4N3O4/c25-16-6-8-17(9-7-16)31-22(33)20(21(32)29-23(31)34)14-18-4-2-10-30(18)11-12-35-19-5-1-3-15(13-19)24(26,27)28/h1-10,13-14H,11-12H2,(H,29,32,34). The molecule has 0 atom stereocenters. The zero-order valence-electron chi connectivity index (χ0n) is 17.9. The number of amides is 4. The Balaban J connectivity index is 1.50. The highest BCUT2D eigenvalue weighted by molar-refractivity contribution is 6.39. The van der Waals surface area contributed by atoms with Gasteiger partial charge < -0.3 is 9.30 Å². The third-order valence-electron chi connectivity index (χ3n) is 5.11. The van der Waals surface area contributed by atoms with Crippen molar-refractivity contribution in [3.8, 4) is 5.75 Å². The van der Waals surface area contributed by atoms with E-state index >= 15 is 0 Å². The Kier molecular flexibility index (Phi) is 6.41. The summed E-state index contributed by atoms with van der Waals surface area (Å²) in [4.78, 5) is 38.3. The molecule has 2 heterocycles. The third kappa shape index (κ3) is 5.24. The van der Waals surface area contributed by atoms with Crippen LogP contribution in [-0.2, 0) is 22.3 Å². The number of hydrogen-bond acceptors (Lipinski definition) is 4. The molecule has 35 heavy (non-hydrogen) atoms. The van der Waals surface area contributed by atoms with Gasteiger partial charge in [0, 0.05) is 11.9 Å². The fraction of sp³-hybridized carbons (Fsp3) is 0.125. The second-order valence-electron chi connectivity index (χ2n) is 7.43. The van der Waals surface area contributed by atoms with Crippen molar-refractivity contribution in [2.45, 2.75) is 12.7 Å². The van der Waals surface area contributed by atoms with Gasteiger partial charge in [-0.15, -0.1) is 0 Å². The smallest absolute Gasteiger partial charge is 0.416 e. The lowest BCUT2D eigenvalue weighted by atomic mass is 10.1. The molecule has 4 amide bonds. The third-order valence-corrected chi connectivity index (χ3v) is 5.11. The summed E-state index contributed by atoms with van der Waals surface area (Å²) < 4.78 is 58.9. The van der Waals surface area contributed by atoms with Crippen molar-refractivity contribution in [2.75, 3.05) is 11.5 Å². The van der Waals surface area contributed by atoms with E-state index in [9.17, 15) is 31.9 Å². The Labute approximate surface area is 196 Å². The van der Waals surface area contributed by atoms with Crippen LogP contribution in [0.2, 0.25) is 0 Å². The lowest BCUT2D eigenvalue weighted by Gasteiger charge is -2.26. The fourth-order valence-electron chi connectivity index (χ4n) is 3.42. The number of rotatable bonds is 6. The van der Waals surface area contributed by atoms with E-state index in [4.69, 9.17) is 4.74 Å². The molecule has 4 rings (SSSR count). The molecule has 1 aromatic heterocycles. The molecule has 1 aliphatic heterocycles. The van der Waals surface area contributed by atoms with Gasteiger partial charge in [0.15, 0.2) is 0 Å². The molecule has 180 valence electrons. The zero-order valence-corrected chi connectivity index (χ0v) is 17.9. The predicted molar refractivity (Wildman–Crippen MR) is 117 cm³/mol. The average molecular weight is 487 g/mol. The number of alkyl halides is 3. The molecule has 3 aromatic rings. The fourth-order valence-corrected chi connectivity index (χ4v) is 3.42. The quantitative estimate of drug-likeness (QED) is 0.318. The summed E-state index contributed by atoms with van der Waals surface area (Å²) in [6.45, 7) is 0.200. The van der Waals surface area contributed by atoms with E-state index in [-0.39, 0.29) is 30.2 Å². The van der Waals surface area contributed by atoms with Crippen LogP contribution in [0.25, 0.3) is 6.08 Å². The van der Waals surface area contributed by atoms with E-state index in [1.807, 2.05) is 0 Å². The number of halogens is 4. The van der Waals surface area contributed by atoms with Gasteiger partial charge in [-0.3, -0.25) is 14.9 Å². The first-order valence-electron chi connectivity index (χ1n) is 10.3. The molecule has 0 spiro atoms. The minimum atomic E-state index is -4.49. The Morgan fingerprint density at radius 3 is 2.43 bits per heavy atom. The van der Waals surface area contributed by atoms with Crippen molar-refractivity contribution in [3.05, 3.63) is 89.5 Å². The molecular weight excluding hydrogens is 470 g/mol. The minimum absolute atomic E-state index is 0.00645. The van der Waals surface area contributed by atoms with Gasteiger partial charge in [0.25, 0.3) is 11.8 Å². The number of benzene rings is 2. The summed E-state index contributed by atoms with van der Waals surface area (Å²) in [5.41, 5.74) is -0.655. The van der Waals surface area contributed by atoms with Gasteiger partial charge >= 0.3 is 12.2 Å². The van der Waals surface area contributed by atoms with Crippen LogP contribution < -0.4 is 15.0 Å². The van der Waals surface area contributed by atoms with Gasteiger partial charge in [-0.1, -0.05) is 6.07 Å². The first-order valence-corrected chi connectivity index (χ1v) is 10.3. The number of anilines is 1. The van der Waals surface area contributed by atoms with Crippen LogP contribution in [-0.4, -0.2) is 29.0 Å². The predicted octanol–water partition coefficient (Wildman–Crippen LogP) is 4.39. The number of carbonyl (C=O) groups is 3. The molecule has 11 heteroatoms. The SMILES string of the molecule is O=C1NC(=O)N(c2ccc(F)cc2)C(=O)C1=Cc1cccn1CCOc1cccc(C(F)(F)F)c1. The summed E-state index contributed by atoms with van der Waals surface area (Å²) in [6.07, 6.45) is -1.57. The van der Waals surface area contributed by atoms with Gasteiger partial charge in [0.2, 0.25) is 0 Å². The molecule has 0 aliphatic carbocycles. The number of nitrogens with zero attached hydrogens (tertiary/aromatic N) is 2. The molecule has 0 bridgehead atoms. The van der Waals surface area contributed by atoms with Crippen LogP contribution in [0.4, 0.5) is 28.0 Å². The molecular formula is C24H17F4N3O4. The van der Waals surface area contributed by atoms with Crippen molar-refractivity contribution in [1.29, 1.82) is 0 Å². The van der Waals surface area contributed by atoms with Gasteiger partial charge in [0.05, 0.1) is 17.8 Å². The molecule has 0 saturated carbocycles. The van der Waals surface area contributed by atoms with Crippen molar-refractivity contribution in [1.82, 2.24) is 9.88 Å². The van der Waals surface area contributed by atoms with Crippen LogP contribution >= 0.6 is 0 Å². The number of aromatic nitrogens is 1. The second-order valence-corrected chi connectivity index (χ2v) is 7.43. The Morgan fingerprint density at radius 2 is 1.71 bits per heavy atom. The summed E-state index contributed by atoms with van der Waals surface area (Å²) >= 11 is 0. The van der Waals surface area contributed by atoms with Crippen LogP contribution in [0.5, 0.6) is 5.75 Å². The monoisotopic (exact) mass is 487 g/mol. The number of urea groups is 1. The maximum atomic E-state index is 13.2. The van der Waals surface area contributed by atoms with Crippen LogP contribution in [0.15, 0.2) is 72.4 Å². The highest BCUT2D eigenvalue weighted by atomic mass is 19.4. The minimum Gasteiger partial charge on any atom is -0.492 e.